The van der Waals surface area contributed by atoms with Gasteiger partial charge in [0.25, 0.3) is 0 Å². The number of hydrogen-bond donors (Lipinski definition) is 12. The molecule has 3 rings (SSSR count). The van der Waals surface area contributed by atoms with Crippen molar-refractivity contribution in [2.45, 2.75) is 381 Å². The van der Waals surface area contributed by atoms with Crippen LogP contribution in [0, 0.1) is 0 Å². The number of aliphatic hydroxyl groups excluding tert-OH is 11. The second-order valence-corrected chi connectivity index (χ2v) is 26.7. The van der Waals surface area contributed by atoms with Gasteiger partial charge in [-0.1, -0.05) is 261 Å². The summed E-state index contributed by atoms with van der Waals surface area (Å²) in [6, 6.07) is -0.990. The molecule has 0 aromatic carbocycles. The van der Waals surface area contributed by atoms with Crippen LogP contribution >= 0.6 is 0 Å². The number of nitrogens with one attached hydrogen (secondary N) is 1. The molecular formula is C75H135NO18. The predicted molar refractivity (Wildman–Crippen MR) is 369 cm³/mol. The molecule has 548 valence electrons. The third-order valence-electron chi connectivity index (χ3n) is 18.5. The summed E-state index contributed by atoms with van der Waals surface area (Å²) >= 11 is 0. The molecule has 0 aliphatic carbocycles. The van der Waals surface area contributed by atoms with Crippen molar-refractivity contribution >= 4 is 5.91 Å². The summed E-state index contributed by atoms with van der Waals surface area (Å²) < 4.78 is 34.3. The number of ether oxygens (including phenoxy) is 6. The monoisotopic (exact) mass is 1340 g/mol. The summed E-state index contributed by atoms with van der Waals surface area (Å²) in [6.07, 6.45) is 43.7. The molecule has 0 saturated carbocycles. The van der Waals surface area contributed by atoms with Crippen LogP contribution in [0.4, 0.5) is 0 Å². The second kappa shape index (κ2) is 56.3. The first kappa shape index (κ1) is 85.7. The topological polar surface area (TPSA) is 307 Å². The number of amides is 1. The predicted octanol–water partition coefficient (Wildman–Crippen LogP) is 11.1. The van der Waals surface area contributed by atoms with Gasteiger partial charge >= 0.3 is 0 Å². The average molecular weight is 1340 g/mol. The third-order valence-corrected chi connectivity index (χ3v) is 18.5. The molecule has 19 heteroatoms. The quantitative estimate of drug-likeness (QED) is 0.0199. The van der Waals surface area contributed by atoms with Crippen LogP contribution in [0.2, 0.25) is 0 Å². The van der Waals surface area contributed by atoms with Crippen molar-refractivity contribution in [3.05, 3.63) is 60.8 Å². The molecule has 19 nitrogen and oxygen atoms in total. The Bertz CT molecular complexity index is 1940. The molecule has 3 fully saturated rings. The highest BCUT2D eigenvalue weighted by Crippen LogP contribution is 2.33. The van der Waals surface area contributed by atoms with E-state index in [0.717, 1.165) is 51.4 Å². The first-order chi connectivity index (χ1) is 45.8. The van der Waals surface area contributed by atoms with Gasteiger partial charge in [0.2, 0.25) is 5.91 Å². The zero-order valence-electron chi connectivity index (χ0n) is 58.2. The van der Waals surface area contributed by atoms with E-state index in [1.165, 1.54) is 193 Å². The first-order valence-electron chi connectivity index (χ1n) is 37.5. The first-order valence-corrected chi connectivity index (χ1v) is 37.5. The fourth-order valence-electron chi connectivity index (χ4n) is 12.5. The van der Waals surface area contributed by atoms with Crippen molar-refractivity contribution in [1.29, 1.82) is 0 Å². The van der Waals surface area contributed by atoms with Gasteiger partial charge in [0.1, 0.15) is 73.2 Å². The Morgan fingerprint density at radius 1 is 0.383 bits per heavy atom. The molecule has 0 bridgehead atoms. The highest BCUT2D eigenvalue weighted by Gasteiger charge is 2.53. The van der Waals surface area contributed by atoms with E-state index in [0.29, 0.717) is 12.8 Å². The van der Waals surface area contributed by atoms with Crippen molar-refractivity contribution < 1.29 is 89.4 Å². The van der Waals surface area contributed by atoms with Gasteiger partial charge in [0, 0.05) is 6.42 Å². The lowest BCUT2D eigenvalue weighted by atomic mass is 9.96. The normalized spacial score (nSPS) is 27.7. The number of unbranched alkanes of at least 4 members (excludes halogenated alkanes) is 34. The number of hydrogen-bond acceptors (Lipinski definition) is 18. The maximum Gasteiger partial charge on any atom is 0.220 e. The Morgan fingerprint density at radius 3 is 1.14 bits per heavy atom. The van der Waals surface area contributed by atoms with Crippen LogP contribution in [0.1, 0.15) is 277 Å². The van der Waals surface area contributed by atoms with Crippen LogP contribution < -0.4 is 5.32 Å². The SMILES string of the molecule is CCCCCCC/C=C\C/C=C\C/C=C\CCCCCCCCCCCCCCCCCCCCCCC(=O)NC(COC1OC(CO)C(OC2OC(CO)C(OC3OC(CO)C(O)C(O)C3O)C(O)C2O)C(O)C1O)C(O)/C=C/CC/C=C/CCCCCCCCCC. The minimum absolute atomic E-state index is 0.236. The van der Waals surface area contributed by atoms with Crippen LogP contribution in [-0.4, -0.2) is 193 Å². The second-order valence-electron chi connectivity index (χ2n) is 26.7. The number of rotatable bonds is 58. The molecule has 94 heavy (non-hydrogen) atoms. The van der Waals surface area contributed by atoms with Crippen molar-refractivity contribution in [1.82, 2.24) is 5.32 Å². The summed E-state index contributed by atoms with van der Waals surface area (Å²) in [7, 11) is 0. The maximum absolute atomic E-state index is 13.4. The zero-order chi connectivity index (χ0) is 68.2. The van der Waals surface area contributed by atoms with Crippen LogP contribution in [0.25, 0.3) is 0 Å². The number of allylic oxidation sites excluding steroid dienone is 9. The molecular weight excluding hydrogens is 1200 g/mol. The van der Waals surface area contributed by atoms with Gasteiger partial charge < -0.3 is 89.9 Å². The number of carbonyl (C=O) groups is 1. The molecule has 3 heterocycles. The van der Waals surface area contributed by atoms with E-state index in [2.05, 4.69) is 67.8 Å². The third kappa shape index (κ3) is 37.1. The molecule has 3 saturated heterocycles. The Morgan fingerprint density at radius 2 is 0.713 bits per heavy atom. The highest BCUT2D eigenvalue weighted by molar-refractivity contribution is 5.76. The Hall–Kier alpha value is -2.51. The van der Waals surface area contributed by atoms with E-state index in [4.69, 9.17) is 28.4 Å². The number of carbonyl (C=O) groups excluding carboxylic acids is 1. The Kier molecular flexibility index (Phi) is 51.3. The van der Waals surface area contributed by atoms with Gasteiger partial charge in [-0.15, -0.1) is 0 Å². The van der Waals surface area contributed by atoms with Crippen LogP contribution in [-0.2, 0) is 33.2 Å². The Labute approximate surface area is 566 Å². The van der Waals surface area contributed by atoms with Gasteiger partial charge in [0.05, 0.1) is 38.6 Å². The molecule has 12 N–H and O–H groups in total. The Balaban J connectivity index is 1.34. The van der Waals surface area contributed by atoms with E-state index in [9.17, 15) is 61.0 Å². The molecule has 3 aliphatic rings. The zero-order valence-corrected chi connectivity index (χ0v) is 58.2. The lowest BCUT2D eigenvalue weighted by molar-refractivity contribution is -0.379. The molecule has 17 unspecified atom stereocenters. The van der Waals surface area contributed by atoms with E-state index in [1.54, 1.807) is 6.08 Å². The molecule has 17 atom stereocenters. The average Bonchev–Trinajstić information content (AvgIpc) is 0.792. The maximum atomic E-state index is 13.4. The summed E-state index contributed by atoms with van der Waals surface area (Å²) in [4.78, 5) is 13.4. The van der Waals surface area contributed by atoms with Crippen molar-refractivity contribution in [3.8, 4) is 0 Å². The van der Waals surface area contributed by atoms with E-state index in [-0.39, 0.29) is 18.9 Å². The number of aliphatic hydroxyl groups is 11. The minimum Gasteiger partial charge on any atom is -0.394 e. The summed E-state index contributed by atoms with van der Waals surface area (Å²) in [6.45, 7) is 1.70. The van der Waals surface area contributed by atoms with Crippen LogP contribution in [0.5, 0.6) is 0 Å². The lowest BCUT2D eigenvalue weighted by Crippen LogP contribution is -2.66. The fraction of sp³-hybridized carbons (Fsp3) is 0.853. The summed E-state index contributed by atoms with van der Waals surface area (Å²) in [5.74, 6) is -0.284. The smallest absolute Gasteiger partial charge is 0.220 e. The van der Waals surface area contributed by atoms with Crippen LogP contribution in [0.3, 0.4) is 0 Å². The van der Waals surface area contributed by atoms with Gasteiger partial charge in [-0.2, -0.15) is 0 Å². The fourth-order valence-corrected chi connectivity index (χ4v) is 12.5. The van der Waals surface area contributed by atoms with Gasteiger partial charge in [-0.3, -0.25) is 4.79 Å². The van der Waals surface area contributed by atoms with Gasteiger partial charge in [-0.25, -0.2) is 0 Å². The molecule has 0 aromatic rings. The summed E-state index contributed by atoms with van der Waals surface area (Å²) in [5.41, 5.74) is 0. The van der Waals surface area contributed by atoms with Gasteiger partial charge in [0.15, 0.2) is 18.9 Å². The van der Waals surface area contributed by atoms with Crippen molar-refractivity contribution in [3.63, 3.8) is 0 Å². The van der Waals surface area contributed by atoms with E-state index in [1.807, 2.05) is 6.08 Å². The molecule has 0 aromatic heterocycles. The van der Waals surface area contributed by atoms with Crippen LogP contribution in [0.15, 0.2) is 60.8 Å². The lowest BCUT2D eigenvalue weighted by Gasteiger charge is -2.48. The van der Waals surface area contributed by atoms with Crippen molar-refractivity contribution in [2.24, 2.45) is 0 Å². The minimum atomic E-state index is -1.98. The standard InChI is InChI=1S/C75H135NO18/c1-3-5-7-9-11-13-15-17-19-20-21-22-23-24-25-26-27-28-29-30-31-32-33-34-35-36-37-38-39-41-43-45-47-49-51-53-63(81)76-58(59(80)52-50-48-46-44-42-40-18-16-14-12-10-8-6-4-2)57-89-73-69(87)66(84)71(61(55-78)91-73)94-75-70(88)67(85)72(62(56-79)92-75)93-74-68(86)65(83)64(82)60(54-77)90-74/h15,17,20-21,23-24,42,44,50,52,58-62,64-75,77-80,82-88H,3-14,16,18-19,22,25-41,43,45-49,51,53-57H2,1-2H3,(H,76,81)/b17-15-,21-20-,24-23-,44-42+,52-50+. The van der Waals surface area contributed by atoms with E-state index >= 15 is 0 Å². The van der Waals surface area contributed by atoms with E-state index < -0.39 is 124 Å². The molecule has 0 spiro atoms. The molecule has 3 aliphatic heterocycles. The highest BCUT2D eigenvalue weighted by atomic mass is 16.8. The summed E-state index contributed by atoms with van der Waals surface area (Å²) in [5, 5.41) is 120. The molecule has 1 amide bonds. The van der Waals surface area contributed by atoms with Gasteiger partial charge in [-0.05, 0) is 70.6 Å². The molecule has 0 radical (unpaired) electrons. The largest absolute Gasteiger partial charge is 0.394 e. The van der Waals surface area contributed by atoms with Crippen molar-refractivity contribution in [2.75, 3.05) is 26.4 Å².